The lowest BCUT2D eigenvalue weighted by atomic mass is 9.81. The minimum atomic E-state index is 0.0118. The maximum Gasteiger partial charge on any atom is 0.227 e. The van der Waals surface area contributed by atoms with Crippen molar-refractivity contribution in [1.29, 1.82) is 0 Å². The molecule has 5 heteroatoms. The van der Waals surface area contributed by atoms with Crippen LogP contribution >= 0.6 is 0 Å². The van der Waals surface area contributed by atoms with E-state index in [9.17, 15) is 9.90 Å². The van der Waals surface area contributed by atoms with Gasteiger partial charge >= 0.3 is 0 Å². The molecule has 0 radical (unpaired) electrons. The number of fused-ring (bicyclic) bond motifs is 3. The van der Waals surface area contributed by atoms with Gasteiger partial charge < -0.3 is 14.9 Å². The van der Waals surface area contributed by atoms with Crippen molar-refractivity contribution in [2.45, 2.75) is 31.8 Å². The first-order valence-corrected chi connectivity index (χ1v) is 9.92. The molecule has 0 unspecified atom stereocenters. The predicted octanol–water partition coefficient (Wildman–Crippen LogP) is 3.06. The Morgan fingerprint density at radius 2 is 2.21 bits per heavy atom. The zero-order valence-electron chi connectivity index (χ0n) is 16.5. The van der Waals surface area contributed by atoms with E-state index in [1.54, 1.807) is 12.4 Å². The van der Waals surface area contributed by atoms with E-state index in [4.69, 9.17) is 0 Å². The van der Waals surface area contributed by atoms with Crippen LogP contribution in [-0.2, 0) is 11.2 Å². The van der Waals surface area contributed by atoms with Gasteiger partial charge in [0.2, 0.25) is 5.91 Å². The van der Waals surface area contributed by atoms with Crippen molar-refractivity contribution >= 4 is 17.7 Å². The lowest BCUT2D eigenvalue weighted by Gasteiger charge is -2.44. The standard InChI is InChI=1S/C23H27N3O2/c1-3-5-16-7-8-20-19(12-16)23-18(21(15-27)25(20)2)9-11-26(23)22(28)13-17-6-4-10-24-14-17/h3-8,10,12,14,18,21,23,27H,9,11,13,15H2,1-2H3/t18-,21+,23-/m1/s1. The molecule has 5 nitrogen and oxygen atoms in total. The number of aliphatic hydroxyl groups is 1. The van der Waals surface area contributed by atoms with E-state index >= 15 is 0 Å². The van der Waals surface area contributed by atoms with E-state index in [1.165, 1.54) is 5.56 Å². The maximum absolute atomic E-state index is 13.2. The second-order valence-electron chi connectivity index (χ2n) is 7.70. The molecule has 1 fully saturated rings. The van der Waals surface area contributed by atoms with Crippen molar-refractivity contribution in [3.63, 3.8) is 0 Å². The SMILES string of the molecule is CC=Cc1ccc2c(c1)[C@H]1[C@H](CCN1C(=O)Cc1cccnc1)[C@H](CO)N2C. The van der Waals surface area contributed by atoms with E-state index in [-0.39, 0.29) is 30.5 Å². The number of hydrogen-bond donors (Lipinski definition) is 1. The molecule has 28 heavy (non-hydrogen) atoms. The maximum atomic E-state index is 13.2. The molecule has 0 spiro atoms. The molecular formula is C23H27N3O2. The molecule has 3 heterocycles. The first kappa shape index (κ1) is 18.7. The van der Waals surface area contributed by atoms with Crippen LogP contribution in [0.25, 0.3) is 6.08 Å². The van der Waals surface area contributed by atoms with Crippen molar-refractivity contribution < 1.29 is 9.90 Å². The van der Waals surface area contributed by atoms with E-state index in [1.807, 2.05) is 37.1 Å². The van der Waals surface area contributed by atoms with Gasteiger partial charge in [0.1, 0.15) is 0 Å². The van der Waals surface area contributed by atoms with E-state index in [0.29, 0.717) is 6.42 Å². The predicted molar refractivity (Wildman–Crippen MR) is 111 cm³/mol. The van der Waals surface area contributed by atoms with Gasteiger partial charge in [0, 0.05) is 37.6 Å². The van der Waals surface area contributed by atoms with Crippen molar-refractivity contribution in [2.24, 2.45) is 5.92 Å². The molecule has 0 bridgehead atoms. The summed E-state index contributed by atoms with van der Waals surface area (Å²) < 4.78 is 0. The molecule has 1 aromatic carbocycles. The Labute approximate surface area is 166 Å². The Hall–Kier alpha value is -2.66. The first-order valence-electron chi connectivity index (χ1n) is 9.92. The second-order valence-corrected chi connectivity index (χ2v) is 7.70. The highest BCUT2D eigenvalue weighted by molar-refractivity contribution is 5.80. The van der Waals surface area contributed by atoms with Crippen LogP contribution in [0.5, 0.6) is 0 Å². The summed E-state index contributed by atoms with van der Waals surface area (Å²) >= 11 is 0. The van der Waals surface area contributed by atoms with Gasteiger partial charge in [-0.2, -0.15) is 0 Å². The summed E-state index contributed by atoms with van der Waals surface area (Å²) in [6.07, 6.45) is 8.87. The fraction of sp³-hybridized carbons (Fsp3) is 0.391. The molecule has 2 aliphatic rings. The van der Waals surface area contributed by atoms with Crippen molar-refractivity contribution in [2.75, 3.05) is 25.1 Å². The fourth-order valence-electron chi connectivity index (χ4n) is 4.83. The molecule has 1 amide bonds. The molecule has 1 aromatic heterocycles. The van der Waals surface area contributed by atoms with Gasteiger partial charge in [-0.1, -0.05) is 24.3 Å². The smallest absolute Gasteiger partial charge is 0.227 e. The minimum Gasteiger partial charge on any atom is -0.394 e. The third-order valence-electron chi connectivity index (χ3n) is 6.13. The van der Waals surface area contributed by atoms with Crippen LogP contribution < -0.4 is 4.90 Å². The zero-order chi connectivity index (χ0) is 19.7. The normalized spacial score (nSPS) is 23.8. The van der Waals surface area contributed by atoms with Gasteiger partial charge in [-0.25, -0.2) is 0 Å². The summed E-state index contributed by atoms with van der Waals surface area (Å²) in [7, 11) is 2.05. The average Bonchev–Trinajstić information content (AvgIpc) is 3.14. The molecule has 2 aromatic rings. The highest BCUT2D eigenvalue weighted by Crippen LogP contribution is 2.48. The largest absolute Gasteiger partial charge is 0.394 e. The van der Waals surface area contributed by atoms with Crippen LogP contribution in [0, 0.1) is 5.92 Å². The Morgan fingerprint density at radius 3 is 2.93 bits per heavy atom. The van der Waals surface area contributed by atoms with Crippen molar-refractivity contribution in [3.8, 4) is 0 Å². The van der Waals surface area contributed by atoms with Crippen LogP contribution in [0.15, 0.2) is 48.8 Å². The molecule has 2 aliphatic heterocycles. The number of likely N-dealkylation sites (tertiary alicyclic amines) is 1. The number of pyridine rings is 1. The third kappa shape index (κ3) is 3.20. The van der Waals surface area contributed by atoms with E-state index in [2.05, 4.69) is 34.2 Å². The van der Waals surface area contributed by atoms with Gasteiger partial charge in [-0.3, -0.25) is 9.78 Å². The van der Waals surface area contributed by atoms with Gasteiger partial charge in [0.15, 0.2) is 0 Å². The van der Waals surface area contributed by atoms with Crippen LogP contribution in [0.4, 0.5) is 5.69 Å². The first-order chi connectivity index (χ1) is 13.6. The van der Waals surface area contributed by atoms with Gasteiger partial charge in [0.25, 0.3) is 0 Å². The Morgan fingerprint density at radius 1 is 1.36 bits per heavy atom. The van der Waals surface area contributed by atoms with E-state index < -0.39 is 0 Å². The molecular weight excluding hydrogens is 350 g/mol. The fourth-order valence-corrected chi connectivity index (χ4v) is 4.83. The molecule has 1 N–H and O–H groups in total. The summed E-state index contributed by atoms with van der Waals surface area (Å²) in [5.74, 6) is 0.366. The monoisotopic (exact) mass is 377 g/mol. The van der Waals surface area contributed by atoms with Crippen molar-refractivity contribution in [1.82, 2.24) is 9.88 Å². The molecule has 1 saturated heterocycles. The Balaban J connectivity index is 1.71. The number of nitrogens with zero attached hydrogens (tertiary/aromatic N) is 3. The lowest BCUT2D eigenvalue weighted by Crippen LogP contribution is -2.48. The Bertz CT molecular complexity index is 881. The lowest BCUT2D eigenvalue weighted by molar-refractivity contribution is -0.132. The Kier molecular flexibility index (Phi) is 5.18. The number of allylic oxidation sites excluding steroid dienone is 1. The quantitative estimate of drug-likeness (QED) is 0.890. The van der Waals surface area contributed by atoms with Gasteiger partial charge in [-0.05, 0) is 48.2 Å². The molecule has 4 rings (SSSR count). The van der Waals surface area contributed by atoms with Gasteiger partial charge in [0.05, 0.1) is 25.1 Å². The molecule has 0 saturated carbocycles. The summed E-state index contributed by atoms with van der Waals surface area (Å²) in [6, 6.07) is 10.3. The summed E-state index contributed by atoms with van der Waals surface area (Å²) in [6.45, 7) is 2.83. The van der Waals surface area contributed by atoms with Gasteiger partial charge in [-0.15, -0.1) is 0 Å². The number of benzene rings is 1. The van der Waals surface area contributed by atoms with Crippen LogP contribution in [-0.4, -0.2) is 47.1 Å². The van der Waals surface area contributed by atoms with E-state index in [0.717, 1.165) is 29.8 Å². The minimum absolute atomic E-state index is 0.0118. The zero-order valence-corrected chi connectivity index (χ0v) is 16.5. The highest BCUT2D eigenvalue weighted by atomic mass is 16.3. The molecule has 0 aliphatic carbocycles. The highest BCUT2D eigenvalue weighted by Gasteiger charge is 2.47. The van der Waals surface area contributed by atoms with Crippen LogP contribution in [0.3, 0.4) is 0 Å². The number of aromatic nitrogens is 1. The number of likely N-dealkylation sites (N-methyl/N-ethyl adjacent to an activating group) is 1. The van der Waals surface area contributed by atoms with Crippen molar-refractivity contribution in [3.05, 3.63) is 65.5 Å². The van der Waals surface area contributed by atoms with Crippen LogP contribution in [0.2, 0.25) is 0 Å². The summed E-state index contributed by atoms with van der Waals surface area (Å²) in [5.41, 5.74) is 4.37. The number of anilines is 1. The molecule has 3 atom stereocenters. The average molecular weight is 377 g/mol. The number of aliphatic hydroxyl groups excluding tert-OH is 1. The number of carbonyl (C=O) groups is 1. The second kappa shape index (κ2) is 7.76. The number of hydrogen-bond acceptors (Lipinski definition) is 4. The number of rotatable bonds is 4. The topological polar surface area (TPSA) is 56.7 Å². The summed E-state index contributed by atoms with van der Waals surface area (Å²) in [4.78, 5) is 21.5. The third-order valence-corrected chi connectivity index (χ3v) is 6.13. The summed E-state index contributed by atoms with van der Waals surface area (Å²) in [5, 5.41) is 10.1. The molecule has 146 valence electrons. The number of amides is 1. The number of carbonyl (C=O) groups excluding carboxylic acids is 1. The van der Waals surface area contributed by atoms with Crippen LogP contribution in [0.1, 0.15) is 36.1 Å².